The third-order valence-electron chi connectivity index (χ3n) is 9.73. The van der Waals surface area contributed by atoms with Gasteiger partial charge in [-0.25, -0.2) is 0 Å². The van der Waals surface area contributed by atoms with E-state index in [0.717, 1.165) is 83.5 Å². The molecule has 298 valence electrons. The summed E-state index contributed by atoms with van der Waals surface area (Å²) in [6.07, 6.45) is 43.6. The van der Waals surface area contributed by atoms with E-state index in [1.807, 2.05) is 0 Å². The molecule has 0 aromatic rings. The smallest absolute Gasteiger partial charge is 0.306 e. The van der Waals surface area contributed by atoms with Crippen LogP contribution in [0.4, 0.5) is 0 Å². The summed E-state index contributed by atoms with van der Waals surface area (Å²) in [4.78, 5) is 25.8. The Bertz CT molecular complexity index is 854. The van der Waals surface area contributed by atoms with Crippen LogP contribution in [-0.4, -0.2) is 46.9 Å². The molecule has 3 unspecified atom stereocenters. The van der Waals surface area contributed by atoms with Gasteiger partial charge in [-0.15, -0.1) is 0 Å². The lowest BCUT2D eigenvalue weighted by molar-refractivity contribution is -0.151. The molecule has 0 aliphatic heterocycles. The summed E-state index contributed by atoms with van der Waals surface area (Å²) in [5, 5.41) is 23.5. The van der Waals surface area contributed by atoms with Crippen LogP contribution in [0.15, 0.2) is 36.5 Å². The molecule has 0 bridgehead atoms. The quantitative estimate of drug-likeness (QED) is 0.0336. The van der Waals surface area contributed by atoms with Gasteiger partial charge < -0.3 is 20.3 Å². The Morgan fingerprint density at radius 3 is 1.61 bits per heavy atom. The highest BCUT2D eigenvalue weighted by Gasteiger charge is 2.24. The number of carbonyl (C=O) groups is 2. The van der Waals surface area contributed by atoms with Crippen molar-refractivity contribution in [3.63, 3.8) is 0 Å². The van der Waals surface area contributed by atoms with E-state index < -0.39 is 18.2 Å². The summed E-state index contributed by atoms with van der Waals surface area (Å²) < 4.78 is 5.86. The minimum atomic E-state index is -0.783. The van der Waals surface area contributed by atoms with Crippen LogP contribution in [-0.2, 0) is 14.3 Å². The third-order valence-corrected chi connectivity index (χ3v) is 9.73. The highest BCUT2D eigenvalue weighted by molar-refractivity contribution is 5.77. The van der Waals surface area contributed by atoms with Crippen molar-refractivity contribution in [3.8, 4) is 0 Å². The molecule has 0 aromatic carbocycles. The minimum Gasteiger partial charge on any atom is -0.462 e. The Morgan fingerprint density at radius 1 is 0.588 bits per heavy atom. The highest BCUT2D eigenvalue weighted by Crippen LogP contribution is 2.17. The van der Waals surface area contributed by atoms with Crippen molar-refractivity contribution >= 4 is 11.9 Å². The van der Waals surface area contributed by atoms with E-state index in [2.05, 4.69) is 62.5 Å². The number of carbonyl (C=O) groups excluding carboxylic acids is 2. The molecule has 0 fully saturated rings. The van der Waals surface area contributed by atoms with E-state index in [-0.39, 0.29) is 24.9 Å². The summed E-state index contributed by atoms with van der Waals surface area (Å²) in [7, 11) is 0. The maximum Gasteiger partial charge on any atom is 0.306 e. The Balaban J connectivity index is 4.46. The lowest BCUT2D eigenvalue weighted by Gasteiger charge is -2.24. The Morgan fingerprint density at radius 2 is 1.06 bits per heavy atom. The van der Waals surface area contributed by atoms with Crippen LogP contribution < -0.4 is 5.32 Å². The number of ether oxygens (including phenoxy) is 1. The number of nitrogens with one attached hydrogen (secondary N) is 1. The number of hydrogen-bond acceptors (Lipinski definition) is 5. The van der Waals surface area contributed by atoms with Crippen LogP contribution in [0.3, 0.4) is 0 Å². The molecule has 0 saturated carbocycles. The third kappa shape index (κ3) is 34.9. The molecule has 3 N–H and O–H groups in total. The number of rotatable bonds is 38. The predicted molar refractivity (Wildman–Crippen MR) is 218 cm³/mol. The maximum absolute atomic E-state index is 13.0. The molecule has 0 rings (SSSR count). The Labute approximate surface area is 315 Å². The summed E-state index contributed by atoms with van der Waals surface area (Å²) >= 11 is 0. The van der Waals surface area contributed by atoms with Crippen molar-refractivity contribution in [2.75, 3.05) is 6.61 Å². The van der Waals surface area contributed by atoms with Crippen LogP contribution in [0.5, 0.6) is 0 Å². The van der Waals surface area contributed by atoms with Gasteiger partial charge in [-0.3, -0.25) is 9.59 Å². The van der Waals surface area contributed by atoms with Crippen LogP contribution in [0.25, 0.3) is 0 Å². The standard InChI is InChI=1S/C45H83NO5/c1-4-7-10-13-16-18-19-20-21-22-23-24-26-29-32-35-38-45(50)51-41(36-33-30-27-15-12-9-6-3)39-44(49)46-42(40-47)43(48)37-34-31-28-25-17-14-11-8-5-2/h7,10,16,18,20-21,41-43,47-48H,4-6,8-9,11-15,17,19,22-40H2,1-3H3,(H,46,49)/b10-7+,18-16+,21-20+. The lowest BCUT2D eigenvalue weighted by atomic mass is 10.0. The van der Waals surface area contributed by atoms with E-state index in [9.17, 15) is 19.8 Å². The van der Waals surface area contributed by atoms with Gasteiger partial charge in [-0.1, -0.05) is 179 Å². The van der Waals surface area contributed by atoms with E-state index >= 15 is 0 Å². The number of amides is 1. The largest absolute Gasteiger partial charge is 0.462 e. The number of esters is 1. The maximum atomic E-state index is 13.0. The molecular weight excluding hydrogens is 634 g/mol. The summed E-state index contributed by atoms with van der Waals surface area (Å²) in [6, 6.07) is -0.697. The first kappa shape index (κ1) is 49.1. The van der Waals surface area contributed by atoms with Crippen LogP contribution in [0.2, 0.25) is 0 Å². The summed E-state index contributed by atoms with van der Waals surface area (Å²) in [5.74, 6) is -0.493. The summed E-state index contributed by atoms with van der Waals surface area (Å²) in [5.41, 5.74) is 0. The molecule has 0 radical (unpaired) electrons. The normalized spacial score (nSPS) is 13.7. The number of hydrogen-bond donors (Lipinski definition) is 3. The van der Waals surface area contributed by atoms with Crippen molar-refractivity contribution in [1.82, 2.24) is 5.32 Å². The van der Waals surface area contributed by atoms with Gasteiger partial charge in [0.1, 0.15) is 6.10 Å². The van der Waals surface area contributed by atoms with Gasteiger partial charge in [0.2, 0.25) is 5.91 Å². The van der Waals surface area contributed by atoms with E-state index in [1.165, 1.54) is 83.5 Å². The average molecular weight is 718 g/mol. The molecule has 3 atom stereocenters. The first-order chi connectivity index (χ1) is 25.0. The molecule has 51 heavy (non-hydrogen) atoms. The van der Waals surface area contributed by atoms with Gasteiger partial charge in [-0.05, 0) is 57.8 Å². The zero-order chi connectivity index (χ0) is 37.5. The predicted octanol–water partition coefficient (Wildman–Crippen LogP) is 12.2. The molecule has 6 nitrogen and oxygen atoms in total. The molecule has 6 heteroatoms. The molecule has 0 heterocycles. The van der Waals surface area contributed by atoms with Gasteiger partial charge in [0.15, 0.2) is 0 Å². The van der Waals surface area contributed by atoms with Crippen molar-refractivity contribution in [2.45, 2.75) is 232 Å². The Hall–Kier alpha value is -1.92. The number of aliphatic hydroxyl groups excluding tert-OH is 2. The van der Waals surface area contributed by atoms with Crippen LogP contribution >= 0.6 is 0 Å². The fraction of sp³-hybridized carbons (Fsp3) is 0.822. The van der Waals surface area contributed by atoms with E-state index in [0.29, 0.717) is 19.3 Å². The van der Waals surface area contributed by atoms with E-state index in [1.54, 1.807) is 0 Å². The molecule has 0 aliphatic carbocycles. The second-order valence-corrected chi connectivity index (χ2v) is 14.7. The Kier molecular flexibility index (Phi) is 37.8. The number of unbranched alkanes of at least 4 members (excludes halogenated alkanes) is 20. The SMILES string of the molecule is CC/C=C/C/C=C/C/C=C/CCCCCCCCC(=O)OC(CCCCCCCCC)CC(=O)NC(CO)C(O)CCCCCCCCCCC. The molecule has 0 aromatic heterocycles. The highest BCUT2D eigenvalue weighted by atomic mass is 16.5. The monoisotopic (exact) mass is 718 g/mol. The number of allylic oxidation sites excluding steroid dienone is 6. The second kappa shape index (κ2) is 39.3. The molecule has 1 amide bonds. The van der Waals surface area contributed by atoms with E-state index in [4.69, 9.17) is 4.74 Å². The zero-order valence-electron chi connectivity index (χ0n) is 33.7. The van der Waals surface area contributed by atoms with Crippen LogP contribution in [0.1, 0.15) is 213 Å². The topological polar surface area (TPSA) is 95.9 Å². The van der Waals surface area contributed by atoms with Crippen molar-refractivity contribution in [3.05, 3.63) is 36.5 Å². The van der Waals surface area contributed by atoms with Crippen molar-refractivity contribution in [1.29, 1.82) is 0 Å². The first-order valence-corrected chi connectivity index (χ1v) is 21.7. The molecule has 0 saturated heterocycles. The molecule has 0 spiro atoms. The molecular formula is C45H83NO5. The van der Waals surface area contributed by atoms with Gasteiger partial charge in [0.05, 0.1) is 25.2 Å². The van der Waals surface area contributed by atoms with Gasteiger partial charge in [-0.2, -0.15) is 0 Å². The molecule has 0 aliphatic rings. The first-order valence-electron chi connectivity index (χ1n) is 21.7. The van der Waals surface area contributed by atoms with Gasteiger partial charge in [0, 0.05) is 6.42 Å². The average Bonchev–Trinajstić information content (AvgIpc) is 3.12. The lowest BCUT2D eigenvalue weighted by Crippen LogP contribution is -2.46. The number of aliphatic hydroxyl groups is 2. The fourth-order valence-corrected chi connectivity index (χ4v) is 6.44. The fourth-order valence-electron chi connectivity index (χ4n) is 6.44. The summed E-state index contributed by atoms with van der Waals surface area (Å²) in [6.45, 7) is 6.30. The van der Waals surface area contributed by atoms with Crippen molar-refractivity contribution in [2.24, 2.45) is 0 Å². The van der Waals surface area contributed by atoms with Crippen LogP contribution in [0, 0.1) is 0 Å². The van der Waals surface area contributed by atoms with Gasteiger partial charge >= 0.3 is 5.97 Å². The second-order valence-electron chi connectivity index (χ2n) is 14.7. The van der Waals surface area contributed by atoms with Crippen molar-refractivity contribution < 1.29 is 24.5 Å². The zero-order valence-corrected chi connectivity index (χ0v) is 33.7. The van der Waals surface area contributed by atoms with Gasteiger partial charge in [0.25, 0.3) is 0 Å². The minimum absolute atomic E-state index is 0.0733.